The number of oxime groups is 1. The first kappa shape index (κ1) is 10.6. The summed E-state index contributed by atoms with van der Waals surface area (Å²) >= 11 is 0. The van der Waals surface area contributed by atoms with Crippen molar-refractivity contribution in [1.29, 1.82) is 0 Å². The van der Waals surface area contributed by atoms with Gasteiger partial charge >= 0.3 is 0 Å². The van der Waals surface area contributed by atoms with E-state index < -0.39 is 0 Å². The summed E-state index contributed by atoms with van der Waals surface area (Å²) in [5.41, 5.74) is 1.59. The van der Waals surface area contributed by atoms with Crippen molar-refractivity contribution in [3.05, 3.63) is 0 Å². The first-order valence-corrected chi connectivity index (χ1v) is 4.93. The van der Waals surface area contributed by atoms with Crippen molar-refractivity contribution in [3.63, 3.8) is 0 Å². The monoisotopic (exact) mass is 183 g/mol. The lowest BCUT2D eigenvalue weighted by molar-refractivity contribution is 0.122. The third kappa shape index (κ3) is 2.23. The van der Waals surface area contributed by atoms with Crippen LogP contribution in [0.5, 0.6) is 0 Å². The SMILES string of the molecule is CC(C)(C)C1=NOCC1C(C)(C)C. The Morgan fingerprint density at radius 3 is 2.00 bits per heavy atom. The molecule has 0 N–H and O–H groups in total. The Bertz CT molecular complexity index is 217. The summed E-state index contributed by atoms with van der Waals surface area (Å²) in [6.45, 7) is 14.1. The number of nitrogens with zero attached hydrogens (tertiary/aromatic N) is 1. The Labute approximate surface area is 81.3 Å². The van der Waals surface area contributed by atoms with Crippen LogP contribution in [0.4, 0.5) is 0 Å². The van der Waals surface area contributed by atoms with E-state index in [-0.39, 0.29) is 10.8 Å². The maximum absolute atomic E-state index is 5.21. The highest BCUT2D eigenvalue weighted by atomic mass is 16.6. The van der Waals surface area contributed by atoms with Gasteiger partial charge in [-0.3, -0.25) is 0 Å². The Morgan fingerprint density at radius 2 is 1.69 bits per heavy atom. The molecule has 1 aliphatic heterocycles. The first-order valence-electron chi connectivity index (χ1n) is 4.93. The van der Waals surface area contributed by atoms with Crippen molar-refractivity contribution in [1.82, 2.24) is 0 Å². The van der Waals surface area contributed by atoms with Gasteiger partial charge in [-0.25, -0.2) is 0 Å². The van der Waals surface area contributed by atoms with E-state index in [2.05, 4.69) is 46.7 Å². The smallest absolute Gasteiger partial charge is 0.125 e. The second kappa shape index (κ2) is 3.00. The molecule has 0 bridgehead atoms. The van der Waals surface area contributed by atoms with Crippen LogP contribution in [-0.4, -0.2) is 12.3 Å². The number of hydrogen-bond donors (Lipinski definition) is 0. The molecule has 13 heavy (non-hydrogen) atoms. The summed E-state index contributed by atoms with van der Waals surface area (Å²) in [5, 5.41) is 4.17. The molecule has 2 nitrogen and oxygen atoms in total. The topological polar surface area (TPSA) is 21.6 Å². The Hall–Kier alpha value is -0.530. The van der Waals surface area contributed by atoms with E-state index in [4.69, 9.17) is 4.84 Å². The van der Waals surface area contributed by atoms with Crippen LogP contribution in [0.1, 0.15) is 41.5 Å². The molecule has 1 heterocycles. The molecule has 2 heteroatoms. The minimum Gasteiger partial charge on any atom is -0.395 e. The molecule has 0 saturated heterocycles. The van der Waals surface area contributed by atoms with Gasteiger partial charge in [0.05, 0.1) is 5.71 Å². The van der Waals surface area contributed by atoms with Gasteiger partial charge in [0.2, 0.25) is 0 Å². The van der Waals surface area contributed by atoms with Crippen molar-refractivity contribution < 1.29 is 4.84 Å². The van der Waals surface area contributed by atoms with Crippen molar-refractivity contribution in [3.8, 4) is 0 Å². The Balaban J connectivity index is 2.87. The van der Waals surface area contributed by atoms with E-state index in [1.807, 2.05) is 0 Å². The van der Waals surface area contributed by atoms with Gasteiger partial charge in [-0.05, 0) is 5.41 Å². The van der Waals surface area contributed by atoms with E-state index in [1.54, 1.807) is 0 Å². The van der Waals surface area contributed by atoms with Gasteiger partial charge in [-0.1, -0.05) is 46.7 Å². The average Bonchev–Trinajstić information content (AvgIpc) is 2.27. The molecule has 0 aromatic heterocycles. The quantitative estimate of drug-likeness (QED) is 0.565. The van der Waals surface area contributed by atoms with Crippen LogP contribution >= 0.6 is 0 Å². The summed E-state index contributed by atoms with van der Waals surface area (Å²) in [4.78, 5) is 5.21. The fourth-order valence-corrected chi connectivity index (χ4v) is 1.64. The minimum absolute atomic E-state index is 0.133. The molecule has 1 atom stereocenters. The second-order valence-corrected chi connectivity index (χ2v) is 5.94. The van der Waals surface area contributed by atoms with Crippen LogP contribution < -0.4 is 0 Å². The highest BCUT2D eigenvalue weighted by molar-refractivity contribution is 5.92. The summed E-state index contributed by atoms with van der Waals surface area (Å²) in [6.07, 6.45) is 0. The highest BCUT2D eigenvalue weighted by Crippen LogP contribution is 2.37. The summed E-state index contributed by atoms with van der Waals surface area (Å²) < 4.78 is 0. The molecule has 0 saturated carbocycles. The molecule has 0 spiro atoms. The zero-order valence-corrected chi connectivity index (χ0v) is 9.64. The standard InChI is InChI=1S/C11H21NO/c1-10(2,3)8-7-13-12-9(8)11(4,5)6/h8H,7H2,1-6H3. The molecule has 0 radical (unpaired) electrons. The fourth-order valence-electron chi connectivity index (χ4n) is 1.64. The van der Waals surface area contributed by atoms with E-state index in [0.29, 0.717) is 5.92 Å². The molecule has 0 aromatic carbocycles. The van der Waals surface area contributed by atoms with Gasteiger partial charge in [0.15, 0.2) is 0 Å². The van der Waals surface area contributed by atoms with Crippen LogP contribution in [0, 0.1) is 16.7 Å². The van der Waals surface area contributed by atoms with Crippen molar-refractivity contribution in [2.45, 2.75) is 41.5 Å². The Morgan fingerprint density at radius 1 is 1.15 bits per heavy atom. The van der Waals surface area contributed by atoms with Crippen LogP contribution in [0.2, 0.25) is 0 Å². The molecular weight excluding hydrogens is 162 g/mol. The van der Waals surface area contributed by atoms with Crippen LogP contribution in [0.15, 0.2) is 5.16 Å². The van der Waals surface area contributed by atoms with E-state index in [9.17, 15) is 0 Å². The first-order chi connectivity index (χ1) is 5.73. The molecule has 1 unspecified atom stereocenters. The average molecular weight is 183 g/mol. The molecule has 76 valence electrons. The zero-order chi connectivity index (χ0) is 10.3. The number of rotatable bonds is 0. The Kier molecular flexibility index (Phi) is 2.44. The maximum Gasteiger partial charge on any atom is 0.125 e. The number of hydrogen-bond acceptors (Lipinski definition) is 2. The van der Waals surface area contributed by atoms with Crippen LogP contribution in [-0.2, 0) is 4.84 Å². The van der Waals surface area contributed by atoms with Crippen molar-refractivity contribution in [2.24, 2.45) is 21.9 Å². The maximum atomic E-state index is 5.21. The third-order valence-corrected chi connectivity index (χ3v) is 2.55. The van der Waals surface area contributed by atoms with Gasteiger partial charge in [0, 0.05) is 11.3 Å². The van der Waals surface area contributed by atoms with Crippen LogP contribution in [0.25, 0.3) is 0 Å². The van der Waals surface area contributed by atoms with Crippen molar-refractivity contribution in [2.75, 3.05) is 6.61 Å². The molecule has 0 amide bonds. The summed E-state index contributed by atoms with van der Waals surface area (Å²) in [7, 11) is 0. The lowest BCUT2D eigenvalue weighted by atomic mass is 9.71. The molecule has 0 fully saturated rings. The molecule has 1 aliphatic rings. The molecular formula is C11H21NO. The lowest BCUT2D eigenvalue weighted by Gasteiger charge is -2.31. The molecule has 0 aliphatic carbocycles. The second-order valence-electron chi connectivity index (χ2n) is 5.94. The van der Waals surface area contributed by atoms with E-state index in [1.165, 1.54) is 5.71 Å². The lowest BCUT2D eigenvalue weighted by Crippen LogP contribution is -2.35. The third-order valence-electron chi connectivity index (χ3n) is 2.55. The fraction of sp³-hybridized carbons (Fsp3) is 0.909. The summed E-state index contributed by atoms with van der Waals surface area (Å²) in [6, 6.07) is 0. The van der Waals surface area contributed by atoms with Gasteiger partial charge in [-0.15, -0.1) is 0 Å². The van der Waals surface area contributed by atoms with Crippen molar-refractivity contribution >= 4 is 5.71 Å². The van der Waals surface area contributed by atoms with E-state index in [0.717, 1.165) is 6.61 Å². The molecule has 1 rings (SSSR count). The van der Waals surface area contributed by atoms with Gasteiger partial charge in [-0.2, -0.15) is 0 Å². The minimum atomic E-state index is 0.133. The normalized spacial score (nSPS) is 24.2. The summed E-state index contributed by atoms with van der Waals surface area (Å²) in [5.74, 6) is 0.465. The zero-order valence-electron chi connectivity index (χ0n) is 9.64. The largest absolute Gasteiger partial charge is 0.395 e. The van der Waals surface area contributed by atoms with Crippen LogP contribution in [0.3, 0.4) is 0 Å². The van der Waals surface area contributed by atoms with Gasteiger partial charge < -0.3 is 4.84 Å². The predicted molar refractivity (Wildman–Crippen MR) is 55.8 cm³/mol. The highest BCUT2D eigenvalue weighted by Gasteiger charge is 2.39. The molecule has 0 aromatic rings. The van der Waals surface area contributed by atoms with Gasteiger partial charge in [0.25, 0.3) is 0 Å². The predicted octanol–water partition coefficient (Wildman–Crippen LogP) is 3.08. The van der Waals surface area contributed by atoms with E-state index >= 15 is 0 Å². The van der Waals surface area contributed by atoms with Gasteiger partial charge in [0.1, 0.15) is 6.61 Å².